The van der Waals surface area contributed by atoms with Gasteiger partial charge in [-0.3, -0.25) is 4.90 Å². The van der Waals surface area contributed by atoms with E-state index in [2.05, 4.69) is 54.5 Å². The summed E-state index contributed by atoms with van der Waals surface area (Å²) in [7, 11) is 2.17. The molecular weight excluding hydrogens is 369 g/mol. The van der Waals surface area contributed by atoms with E-state index >= 15 is 0 Å². The zero-order valence-electron chi connectivity index (χ0n) is 11.5. The Bertz CT molecular complexity index is 603. The van der Waals surface area contributed by atoms with Gasteiger partial charge >= 0.3 is 0 Å². The molecule has 3 heterocycles. The maximum absolute atomic E-state index is 5.90. The predicted octanol–water partition coefficient (Wildman–Crippen LogP) is 0.260. The molecule has 1 aliphatic heterocycles. The van der Waals surface area contributed by atoms with Crippen LogP contribution in [0, 0.1) is 3.70 Å². The maximum atomic E-state index is 5.90. The molecule has 0 amide bonds. The number of halogens is 1. The minimum Gasteiger partial charge on any atom is -0.383 e. The van der Waals surface area contributed by atoms with Crippen LogP contribution in [0.1, 0.15) is 0 Å². The Balaban J connectivity index is 1.73. The van der Waals surface area contributed by atoms with Gasteiger partial charge in [-0.1, -0.05) is 0 Å². The van der Waals surface area contributed by atoms with Crippen LogP contribution in [-0.4, -0.2) is 69.3 Å². The molecule has 0 unspecified atom stereocenters. The Morgan fingerprint density at radius 1 is 1.20 bits per heavy atom. The quantitative estimate of drug-likeness (QED) is 0.762. The number of hydrogen-bond acceptors (Lipinski definition) is 6. The number of nitrogens with zero attached hydrogens (tertiary/aromatic N) is 6. The van der Waals surface area contributed by atoms with Gasteiger partial charge in [0.2, 0.25) is 0 Å². The minimum atomic E-state index is 0.505. The molecule has 3 rings (SSSR count). The highest BCUT2D eigenvalue weighted by atomic mass is 127. The molecule has 0 aromatic carbocycles. The molecule has 1 saturated heterocycles. The van der Waals surface area contributed by atoms with Gasteiger partial charge in [0.1, 0.15) is 15.8 Å². The molecular formula is C12H18IN7. The van der Waals surface area contributed by atoms with Crippen molar-refractivity contribution in [2.24, 2.45) is 0 Å². The number of fused-ring (bicyclic) bond motifs is 1. The van der Waals surface area contributed by atoms with Crippen LogP contribution in [-0.2, 0) is 6.54 Å². The van der Waals surface area contributed by atoms with Gasteiger partial charge in [0.05, 0.1) is 11.9 Å². The lowest BCUT2D eigenvalue weighted by Crippen LogP contribution is -2.45. The van der Waals surface area contributed by atoms with Crippen molar-refractivity contribution in [2.75, 3.05) is 45.5 Å². The molecule has 0 radical (unpaired) electrons. The molecule has 2 aromatic heterocycles. The van der Waals surface area contributed by atoms with Crippen molar-refractivity contribution in [1.82, 2.24) is 29.5 Å². The summed E-state index contributed by atoms with van der Waals surface area (Å²) in [6, 6.07) is 0. The number of hydrogen-bond donors (Lipinski definition) is 1. The van der Waals surface area contributed by atoms with Gasteiger partial charge in [-0.15, -0.1) is 0 Å². The maximum Gasteiger partial charge on any atom is 0.164 e. The van der Waals surface area contributed by atoms with E-state index in [9.17, 15) is 0 Å². The lowest BCUT2D eigenvalue weighted by molar-refractivity contribution is 0.149. The van der Waals surface area contributed by atoms with E-state index in [4.69, 9.17) is 5.73 Å². The summed E-state index contributed by atoms with van der Waals surface area (Å²) < 4.78 is 2.81. The van der Waals surface area contributed by atoms with E-state index in [1.54, 1.807) is 0 Å². The van der Waals surface area contributed by atoms with Crippen molar-refractivity contribution in [1.29, 1.82) is 0 Å². The molecule has 8 heteroatoms. The Hall–Kier alpha value is -1.00. The van der Waals surface area contributed by atoms with E-state index < -0.39 is 0 Å². The van der Waals surface area contributed by atoms with Crippen molar-refractivity contribution in [3.8, 4) is 0 Å². The zero-order valence-corrected chi connectivity index (χ0v) is 13.6. The molecule has 108 valence electrons. The van der Waals surface area contributed by atoms with Gasteiger partial charge < -0.3 is 10.6 Å². The highest BCUT2D eigenvalue weighted by molar-refractivity contribution is 14.1. The van der Waals surface area contributed by atoms with Gasteiger partial charge in [0.15, 0.2) is 5.65 Å². The summed E-state index contributed by atoms with van der Waals surface area (Å²) >= 11 is 2.19. The predicted molar refractivity (Wildman–Crippen MR) is 86.4 cm³/mol. The lowest BCUT2D eigenvalue weighted by atomic mass is 10.3. The molecule has 0 bridgehead atoms. The Morgan fingerprint density at radius 2 is 1.95 bits per heavy atom. The minimum absolute atomic E-state index is 0.505. The largest absolute Gasteiger partial charge is 0.383 e. The average molecular weight is 387 g/mol. The first-order valence-corrected chi connectivity index (χ1v) is 7.76. The van der Waals surface area contributed by atoms with Crippen LogP contribution in [0.5, 0.6) is 0 Å². The van der Waals surface area contributed by atoms with Crippen LogP contribution in [0.15, 0.2) is 6.33 Å². The van der Waals surface area contributed by atoms with Crippen molar-refractivity contribution in [3.63, 3.8) is 0 Å². The SMILES string of the molecule is CN1CCN(CCn2nc(I)c3c(N)ncnc32)CC1. The van der Waals surface area contributed by atoms with Crippen LogP contribution >= 0.6 is 22.6 Å². The number of aromatic nitrogens is 4. The monoisotopic (exact) mass is 387 g/mol. The van der Waals surface area contributed by atoms with E-state index in [-0.39, 0.29) is 0 Å². The smallest absolute Gasteiger partial charge is 0.164 e. The molecule has 1 fully saturated rings. The van der Waals surface area contributed by atoms with E-state index in [0.29, 0.717) is 5.82 Å². The van der Waals surface area contributed by atoms with Crippen molar-refractivity contribution < 1.29 is 0 Å². The van der Waals surface area contributed by atoms with Crippen molar-refractivity contribution >= 4 is 39.4 Å². The molecule has 1 aliphatic rings. The number of nitrogens with two attached hydrogens (primary N) is 1. The fourth-order valence-corrected chi connectivity index (χ4v) is 3.23. The second-order valence-corrected chi connectivity index (χ2v) is 6.14. The third kappa shape index (κ3) is 2.72. The van der Waals surface area contributed by atoms with Crippen LogP contribution < -0.4 is 5.73 Å². The summed E-state index contributed by atoms with van der Waals surface area (Å²) in [6.07, 6.45) is 1.50. The zero-order chi connectivity index (χ0) is 14.1. The van der Waals surface area contributed by atoms with Crippen molar-refractivity contribution in [3.05, 3.63) is 10.0 Å². The van der Waals surface area contributed by atoms with Gasteiger partial charge in [0.25, 0.3) is 0 Å². The molecule has 2 N–H and O–H groups in total. The number of piperazine rings is 1. The first kappa shape index (κ1) is 14.0. The normalized spacial score (nSPS) is 17.9. The fraction of sp³-hybridized carbons (Fsp3) is 0.583. The van der Waals surface area contributed by atoms with Crippen LogP contribution in [0.25, 0.3) is 11.0 Å². The second-order valence-electron chi connectivity index (χ2n) is 5.12. The number of nitrogen functional groups attached to an aromatic ring is 1. The Kier molecular flexibility index (Phi) is 4.03. The summed E-state index contributed by atoms with van der Waals surface area (Å²) in [5.41, 5.74) is 6.73. The lowest BCUT2D eigenvalue weighted by Gasteiger charge is -2.32. The van der Waals surface area contributed by atoms with Crippen LogP contribution in [0.3, 0.4) is 0 Å². The molecule has 0 aliphatic carbocycles. The first-order chi connectivity index (χ1) is 9.65. The average Bonchev–Trinajstić information content (AvgIpc) is 2.76. The second kappa shape index (κ2) is 5.78. The summed E-state index contributed by atoms with van der Waals surface area (Å²) in [6.45, 7) is 6.32. The number of rotatable bonds is 3. The number of likely N-dealkylation sites (N-methyl/N-ethyl adjacent to an activating group) is 1. The highest BCUT2D eigenvalue weighted by Gasteiger charge is 2.16. The molecule has 0 saturated carbocycles. The van der Waals surface area contributed by atoms with Gasteiger partial charge in [-0.2, -0.15) is 5.10 Å². The van der Waals surface area contributed by atoms with Gasteiger partial charge in [-0.25, -0.2) is 14.6 Å². The van der Waals surface area contributed by atoms with E-state index in [1.807, 2.05) is 4.68 Å². The highest BCUT2D eigenvalue weighted by Crippen LogP contribution is 2.22. The number of anilines is 1. The third-order valence-electron chi connectivity index (χ3n) is 3.74. The molecule has 0 atom stereocenters. The summed E-state index contributed by atoms with van der Waals surface area (Å²) in [4.78, 5) is 13.2. The summed E-state index contributed by atoms with van der Waals surface area (Å²) in [5.74, 6) is 0.505. The van der Waals surface area contributed by atoms with Crippen LogP contribution in [0.2, 0.25) is 0 Å². The topological polar surface area (TPSA) is 76.1 Å². The molecule has 20 heavy (non-hydrogen) atoms. The standard InChI is InChI=1S/C12H18IN7/c1-18-2-4-19(5-3-18)6-7-20-12-9(10(13)17-20)11(14)15-8-16-12/h8H,2-7H2,1H3,(H2,14,15,16). The first-order valence-electron chi connectivity index (χ1n) is 6.68. The third-order valence-corrected chi connectivity index (χ3v) is 4.49. The van der Waals surface area contributed by atoms with Crippen molar-refractivity contribution in [2.45, 2.75) is 6.54 Å². The Labute approximate surface area is 131 Å². The van der Waals surface area contributed by atoms with E-state index in [1.165, 1.54) is 6.33 Å². The fourth-order valence-electron chi connectivity index (χ4n) is 2.45. The molecule has 7 nitrogen and oxygen atoms in total. The van der Waals surface area contributed by atoms with Crippen LogP contribution in [0.4, 0.5) is 5.82 Å². The van der Waals surface area contributed by atoms with Gasteiger partial charge in [0, 0.05) is 32.7 Å². The molecule has 0 spiro atoms. The Morgan fingerprint density at radius 3 is 2.70 bits per heavy atom. The molecule has 2 aromatic rings. The summed E-state index contributed by atoms with van der Waals surface area (Å²) in [5, 5.41) is 5.40. The van der Waals surface area contributed by atoms with E-state index in [0.717, 1.165) is 54.0 Å². The van der Waals surface area contributed by atoms with Gasteiger partial charge in [-0.05, 0) is 29.6 Å².